The zero-order valence-corrected chi connectivity index (χ0v) is 19.9. The van der Waals surface area contributed by atoms with E-state index in [1.54, 1.807) is 18.2 Å². The molecule has 4 rings (SSSR count). The summed E-state index contributed by atoms with van der Waals surface area (Å²) in [6, 6.07) is 9.28. The Labute approximate surface area is 208 Å². The monoisotopic (exact) mass is 505 g/mol. The minimum atomic E-state index is -4.47. The van der Waals surface area contributed by atoms with E-state index in [4.69, 9.17) is 9.47 Å². The molecular formula is C27H30F3NO5. The highest BCUT2D eigenvalue weighted by Crippen LogP contribution is 2.36. The SMILES string of the molecule is O=C(CCC(=O)c1ccc(C(F)(F)F)cc1)C[C@H](CN1CCCC1)[C@H](O)c1ccc2c(c1)OCCO2. The van der Waals surface area contributed by atoms with Crippen molar-refractivity contribution >= 4 is 11.6 Å². The van der Waals surface area contributed by atoms with E-state index in [2.05, 4.69) is 4.90 Å². The first-order valence-electron chi connectivity index (χ1n) is 12.2. The second-order valence-electron chi connectivity index (χ2n) is 9.36. The lowest BCUT2D eigenvalue weighted by Crippen LogP contribution is -2.32. The molecule has 1 saturated heterocycles. The molecule has 36 heavy (non-hydrogen) atoms. The van der Waals surface area contributed by atoms with Crippen LogP contribution in [-0.4, -0.2) is 54.4 Å². The molecule has 194 valence electrons. The molecule has 9 heteroatoms. The van der Waals surface area contributed by atoms with Crippen molar-refractivity contribution in [3.63, 3.8) is 0 Å². The maximum Gasteiger partial charge on any atom is 0.416 e. The highest BCUT2D eigenvalue weighted by Gasteiger charge is 2.31. The third-order valence-electron chi connectivity index (χ3n) is 6.70. The molecule has 2 atom stereocenters. The molecule has 2 aliphatic rings. The van der Waals surface area contributed by atoms with Crippen LogP contribution in [0, 0.1) is 5.92 Å². The van der Waals surface area contributed by atoms with E-state index in [-0.39, 0.29) is 42.3 Å². The average Bonchev–Trinajstić information content (AvgIpc) is 3.39. The van der Waals surface area contributed by atoms with E-state index in [1.807, 2.05) is 0 Å². The van der Waals surface area contributed by atoms with Gasteiger partial charge in [-0.3, -0.25) is 9.59 Å². The average molecular weight is 506 g/mol. The van der Waals surface area contributed by atoms with Gasteiger partial charge in [0.05, 0.1) is 11.7 Å². The van der Waals surface area contributed by atoms with Gasteiger partial charge < -0.3 is 19.5 Å². The van der Waals surface area contributed by atoms with Crippen molar-refractivity contribution in [2.45, 2.75) is 44.4 Å². The van der Waals surface area contributed by atoms with Crippen LogP contribution in [0.4, 0.5) is 13.2 Å². The van der Waals surface area contributed by atoms with Crippen LogP contribution in [0.2, 0.25) is 0 Å². The summed E-state index contributed by atoms with van der Waals surface area (Å²) in [5.74, 6) is 0.244. The van der Waals surface area contributed by atoms with Gasteiger partial charge in [-0.2, -0.15) is 13.2 Å². The molecule has 1 N–H and O–H groups in total. The topological polar surface area (TPSA) is 76.1 Å². The van der Waals surface area contributed by atoms with E-state index in [9.17, 15) is 27.9 Å². The number of alkyl halides is 3. The van der Waals surface area contributed by atoms with Gasteiger partial charge in [0.1, 0.15) is 19.0 Å². The van der Waals surface area contributed by atoms with Crippen LogP contribution in [0.25, 0.3) is 0 Å². The van der Waals surface area contributed by atoms with Crippen LogP contribution in [0.1, 0.15) is 59.7 Å². The summed E-state index contributed by atoms with van der Waals surface area (Å²) >= 11 is 0. The number of carbonyl (C=O) groups is 2. The largest absolute Gasteiger partial charge is 0.486 e. The Kier molecular flexibility index (Phi) is 8.31. The van der Waals surface area contributed by atoms with Crippen molar-refractivity contribution in [3.8, 4) is 11.5 Å². The van der Waals surface area contributed by atoms with E-state index >= 15 is 0 Å². The van der Waals surface area contributed by atoms with Gasteiger partial charge in [-0.1, -0.05) is 18.2 Å². The van der Waals surface area contributed by atoms with Gasteiger partial charge in [0.2, 0.25) is 0 Å². The number of fused-ring (bicyclic) bond motifs is 1. The molecule has 2 aromatic rings. The van der Waals surface area contributed by atoms with Gasteiger partial charge in [-0.05, 0) is 55.8 Å². The number of benzene rings is 2. The van der Waals surface area contributed by atoms with Gasteiger partial charge in [0.25, 0.3) is 0 Å². The number of nitrogens with zero attached hydrogens (tertiary/aromatic N) is 1. The Balaban J connectivity index is 1.39. The molecule has 0 aliphatic carbocycles. The lowest BCUT2D eigenvalue weighted by molar-refractivity contribution is -0.137. The van der Waals surface area contributed by atoms with Crippen molar-refractivity contribution in [2.24, 2.45) is 5.92 Å². The summed E-state index contributed by atoms with van der Waals surface area (Å²) in [5.41, 5.74) is -0.0502. The quantitative estimate of drug-likeness (QED) is 0.466. The van der Waals surface area contributed by atoms with Gasteiger partial charge in [-0.15, -0.1) is 0 Å². The third-order valence-corrected chi connectivity index (χ3v) is 6.70. The van der Waals surface area contributed by atoms with E-state index in [0.717, 1.165) is 50.2 Å². The molecule has 0 spiro atoms. The maximum atomic E-state index is 12.8. The minimum Gasteiger partial charge on any atom is -0.486 e. The second kappa shape index (κ2) is 11.4. The molecule has 2 aliphatic heterocycles. The predicted molar refractivity (Wildman–Crippen MR) is 126 cm³/mol. The first kappa shape index (κ1) is 26.2. The number of carbonyl (C=O) groups excluding carboxylic acids is 2. The molecule has 0 amide bonds. The maximum absolute atomic E-state index is 12.8. The Bertz CT molecular complexity index is 1060. The molecule has 2 heterocycles. The van der Waals surface area contributed by atoms with Crippen molar-refractivity contribution in [1.82, 2.24) is 4.90 Å². The first-order chi connectivity index (χ1) is 17.2. The van der Waals surface area contributed by atoms with Crippen LogP contribution in [0.3, 0.4) is 0 Å². The number of aliphatic hydroxyl groups excluding tert-OH is 1. The molecular weight excluding hydrogens is 475 g/mol. The standard InChI is InChI=1S/C27H30F3NO5/c28-27(29,30)21-6-3-18(4-7-21)23(33)9-8-22(32)15-20(17-31-11-1-2-12-31)26(34)19-5-10-24-25(16-19)36-14-13-35-24/h3-7,10,16,20,26,34H,1-2,8-9,11-15,17H2/t20-,26-/m1/s1. The summed E-state index contributed by atoms with van der Waals surface area (Å²) in [6.07, 6.45) is -3.28. The van der Waals surface area contributed by atoms with Gasteiger partial charge in [-0.25, -0.2) is 0 Å². The number of hydrogen-bond acceptors (Lipinski definition) is 6. The lowest BCUT2D eigenvalue weighted by atomic mass is 9.89. The number of aliphatic hydroxyl groups is 1. The minimum absolute atomic E-state index is 0.0375. The van der Waals surface area contributed by atoms with Crippen LogP contribution in [0.5, 0.6) is 11.5 Å². The number of Topliss-reactive ketones (excluding diaryl/α,β-unsaturated/α-hetero) is 2. The van der Waals surface area contributed by atoms with Crippen molar-refractivity contribution < 1.29 is 37.3 Å². The Morgan fingerprint density at radius 2 is 1.61 bits per heavy atom. The van der Waals surface area contributed by atoms with Gasteiger partial charge in [0.15, 0.2) is 17.3 Å². The fraction of sp³-hybridized carbons (Fsp3) is 0.481. The number of halogens is 3. The fourth-order valence-corrected chi connectivity index (χ4v) is 4.73. The number of likely N-dealkylation sites (tertiary alicyclic amines) is 1. The zero-order valence-electron chi connectivity index (χ0n) is 19.9. The van der Waals surface area contributed by atoms with Crippen LogP contribution in [-0.2, 0) is 11.0 Å². The van der Waals surface area contributed by atoms with E-state index in [1.165, 1.54) is 0 Å². The molecule has 0 saturated carbocycles. The molecule has 6 nitrogen and oxygen atoms in total. The summed E-state index contributed by atoms with van der Waals surface area (Å²) in [7, 11) is 0. The van der Waals surface area contributed by atoms with Crippen molar-refractivity contribution in [1.29, 1.82) is 0 Å². The smallest absolute Gasteiger partial charge is 0.416 e. The van der Waals surface area contributed by atoms with Gasteiger partial charge >= 0.3 is 6.18 Å². The van der Waals surface area contributed by atoms with Crippen molar-refractivity contribution in [3.05, 3.63) is 59.2 Å². The summed E-state index contributed by atoms with van der Waals surface area (Å²) in [5, 5.41) is 11.2. The van der Waals surface area contributed by atoms with Crippen LogP contribution >= 0.6 is 0 Å². The summed E-state index contributed by atoms with van der Waals surface area (Å²) in [6.45, 7) is 3.26. The number of hydrogen-bond donors (Lipinski definition) is 1. The van der Waals surface area contributed by atoms with Gasteiger partial charge in [0, 0.05) is 37.3 Å². The number of ketones is 2. The van der Waals surface area contributed by atoms with Crippen LogP contribution < -0.4 is 9.47 Å². The second-order valence-corrected chi connectivity index (χ2v) is 9.36. The lowest BCUT2D eigenvalue weighted by Gasteiger charge is -2.28. The zero-order chi connectivity index (χ0) is 25.7. The number of ether oxygens (including phenoxy) is 2. The fourth-order valence-electron chi connectivity index (χ4n) is 4.73. The third kappa shape index (κ3) is 6.64. The Hall–Kier alpha value is -2.91. The van der Waals surface area contributed by atoms with E-state index in [0.29, 0.717) is 36.8 Å². The molecule has 0 bridgehead atoms. The predicted octanol–water partition coefficient (Wildman–Crippen LogP) is 4.84. The number of rotatable bonds is 10. The molecule has 0 aromatic heterocycles. The van der Waals surface area contributed by atoms with Crippen molar-refractivity contribution in [2.75, 3.05) is 32.8 Å². The highest BCUT2D eigenvalue weighted by molar-refractivity contribution is 5.98. The summed E-state index contributed by atoms with van der Waals surface area (Å²) < 4.78 is 49.4. The Morgan fingerprint density at radius 3 is 2.28 bits per heavy atom. The normalized spacial score (nSPS) is 17.6. The summed E-state index contributed by atoms with van der Waals surface area (Å²) in [4.78, 5) is 27.5. The molecule has 2 aromatic carbocycles. The Morgan fingerprint density at radius 1 is 0.944 bits per heavy atom. The van der Waals surface area contributed by atoms with Crippen LogP contribution in [0.15, 0.2) is 42.5 Å². The molecule has 0 radical (unpaired) electrons. The molecule has 1 fully saturated rings. The molecule has 0 unspecified atom stereocenters. The first-order valence-corrected chi connectivity index (χ1v) is 12.2. The highest BCUT2D eigenvalue weighted by atomic mass is 19.4. The van der Waals surface area contributed by atoms with E-state index < -0.39 is 17.8 Å².